The zero-order chi connectivity index (χ0) is 12.4. The van der Waals surface area contributed by atoms with Crippen LogP contribution in [0.2, 0.25) is 0 Å². The first-order valence-electron chi connectivity index (χ1n) is 5.20. The second kappa shape index (κ2) is 4.58. The largest absolute Gasteiger partial charge is 0.396 e. The van der Waals surface area contributed by atoms with Gasteiger partial charge in [0.1, 0.15) is 5.69 Å². The molecule has 1 unspecified atom stereocenters. The van der Waals surface area contributed by atoms with E-state index in [1.54, 1.807) is 23.3 Å². The van der Waals surface area contributed by atoms with Crippen molar-refractivity contribution >= 4 is 22.9 Å². The summed E-state index contributed by atoms with van der Waals surface area (Å²) in [4.78, 5) is 14.9. The van der Waals surface area contributed by atoms with Crippen LogP contribution in [0.25, 0.3) is 0 Å². The van der Waals surface area contributed by atoms with Gasteiger partial charge in [-0.2, -0.15) is 5.10 Å². The molecule has 0 radical (unpaired) electrons. The number of thiophene rings is 1. The Bertz CT molecular complexity index is 505. The van der Waals surface area contributed by atoms with Crippen molar-refractivity contribution in [1.29, 1.82) is 0 Å². The fourth-order valence-corrected chi connectivity index (χ4v) is 2.37. The van der Waals surface area contributed by atoms with E-state index in [2.05, 4.69) is 10.2 Å². The van der Waals surface area contributed by atoms with E-state index in [0.717, 1.165) is 4.88 Å². The standard InChI is InChI=1S/C11H14N4OS/c1-7(9-4-3-5-17-9)15(2)11(16)10-8(12)6-13-14-10/h3-7H,12H2,1-2H3,(H,13,14). The van der Waals surface area contributed by atoms with Crippen LogP contribution < -0.4 is 5.73 Å². The smallest absolute Gasteiger partial charge is 0.274 e. The molecule has 90 valence electrons. The molecule has 1 atom stereocenters. The van der Waals surface area contributed by atoms with Crippen molar-refractivity contribution in [2.75, 3.05) is 12.8 Å². The number of hydrogen-bond donors (Lipinski definition) is 2. The molecule has 2 aromatic heterocycles. The Morgan fingerprint density at radius 3 is 2.94 bits per heavy atom. The normalized spacial score (nSPS) is 12.4. The maximum Gasteiger partial charge on any atom is 0.274 e. The van der Waals surface area contributed by atoms with Crippen LogP contribution in [0.3, 0.4) is 0 Å². The Kier molecular flexibility index (Phi) is 3.14. The third-order valence-corrected chi connectivity index (χ3v) is 3.78. The summed E-state index contributed by atoms with van der Waals surface area (Å²) < 4.78 is 0. The van der Waals surface area contributed by atoms with Gasteiger partial charge in [0.15, 0.2) is 0 Å². The van der Waals surface area contributed by atoms with Crippen LogP contribution in [-0.4, -0.2) is 28.1 Å². The Labute approximate surface area is 103 Å². The predicted molar refractivity (Wildman–Crippen MR) is 67.8 cm³/mol. The summed E-state index contributed by atoms with van der Waals surface area (Å²) in [5.41, 5.74) is 6.38. The molecule has 3 N–H and O–H groups in total. The number of carbonyl (C=O) groups is 1. The van der Waals surface area contributed by atoms with Gasteiger partial charge < -0.3 is 10.6 Å². The monoisotopic (exact) mass is 250 g/mol. The van der Waals surface area contributed by atoms with E-state index >= 15 is 0 Å². The SMILES string of the molecule is CC(c1cccs1)N(C)C(=O)c1[nH]ncc1N. The first kappa shape index (κ1) is 11.7. The van der Waals surface area contributed by atoms with Gasteiger partial charge in [-0.15, -0.1) is 11.3 Å². The van der Waals surface area contributed by atoms with Gasteiger partial charge >= 0.3 is 0 Å². The Morgan fingerprint density at radius 2 is 2.41 bits per heavy atom. The number of aromatic amines is 1. The molecule has 2 aromatic rings. The van der Waals surface area contributed by atoms with Gasteiger partial charge in [-0.1, -0.05) is 6.07 Å². The van der Waals surface area contributed by atoms with Crippen molar-refractivity contribution in [2.24, 2.45) is 0 Å². The molecular weight excluding hydrogens is 236 g/mol. The van der Waals surface area contributed by atoms with E-state index in [9.17, 15) is 4.79 Å². The third-order valence-electron chi connectivity index (χ3n) is 2.74. The molecule has 0 bridgehead atoms. The summed E-state index contributed by atoms with van der Waals surface area (Å²) in [6, 6.07) is 4.00. The number of nitrogens with zero attached hydrogens (tertiary/aromatic N) is 2. The molecule has 0 saturated carbocycles. The number of nitrogens with two attached hydrogens (primary N) is 1. The Morgan fingerprint density at radius 1 is 1.65 bits per heavy atom. The number of H-pyrrole nitrogens is 1. The van der Waals surface area contributed by atoms with Crippen LogP contribution >= 0.6 is 11.3 Å². The number of nitrogen functional groups attached to an aromatic ring is 1. The Hall–Kier alpha value is -1.82. The van der Waals surface area contributed by atoms with E-state index in [1.165, 1.54) is 6.20 Å². The van der Waals surface area contributed by atoms with Crippen molar-refractivity contribution in [3.8, 4) is 0 Å². The van der Waals surface area contributed by atoms with E-state index in [4.69, 9.17) is 5.73 Å². The zero-order valence-electron chi connectivity index (χ0n) is 9.68. The highest BCUT2D eigenvalue weighted by Crippen LogP contribution is 2.25. The second-order valence-corrected chi connectivity index (χ2v) is 4.79. The molecule has 17 heavy (non-hydrogen) atoms. The third kappa shape index (κ3) is 2.16. The van der Waals surface area contributed by atoms with Gasteiger partial charge in [-0.05, 0) is 18.4 Å². The lowest BCUT2D eigenvalue weighted by molar-refractivity contribution is 0.0740. The van der Waals surface area contributed by atoms with Gasteiger partial charge in [-0.3, -0.25) is 9.89 Å². The van der Waals surface area contributed by atoms with E-state index < -0.39 is 0 Å². The lowest BCUT2D eigenvalue weighted by Crippen LogP contribution is -2.30. The van der Waals surface area contributed by atoms with Crippen molar-refractivity contribution < 1.29 is 4.79 Å². The van der Waals surface area contributed by atoms with Crippen molar-refractivity contribution in [3.05, 3.63) is 34.3 Å². The highest BCUT2D eigenvalue weighted by Gasteiger charge is 2.22. The molecule has 0 aliphatic carbocycles. The van der Waals surface area contributed by atoms with Gasteiger partial charge in [0.05, 0.1) is 17.9 Å². The minimum Gasteiger partial charge on any atom is -0.396 e. The van der Waals surface area contributed by atoms with Gasteiger partial charge in [0.2, 0.25) is 0 Å². The summed E-state index contributed by atoms with van der Waals surface area (Å²) in [6.45, 7) is 1.98. The highest BCUT2D eigenvalue weighted by molar-refractivity contribution is 7.10. The molecule has 0 saturated heterocycles. The summed E-state index contributed by atoms with van der Waals surface area (Å²) in [7, 11) is 1.76. The molecule has 2 heterocycles. The number of amides is 1. The molecule has 5 nitrogen and oxygen atoms in total. The van der Waals surface area contributed by atoms with Crippen LogP contribution in [0.4, 0.5) is 5.69 Å². The topological polar surface area (TPSA) is 75.0 Å². The number of rotatable bonds is 3. The summed E-state index contributed by atoms with van der Waals surface area (Å²) in [5.74, 6) is -0.152. The van der Waals surface area contributed by atoms with Crippen LogP contribution in [-0.2, 0) is 0 Å². The molecule has 6 heteroatoms. The fourth-order valence-electron chi connectivity index (χ4n) is 1.54. The minimum atomic E-state index is -0.152. The van der Waals surface area contributed by atoms with Crippen LogP contribution in [0.5, 0.6) is 0 Å². The van der Waals surface area contributed by atoms with Crippen LogP contribution in [0, 0.1) is 0 Å². The molecule has 0 aliphatic heterocycles. The number of carbonyl (C=O) groups excluding carboxylic acids is 1. The lowest BCUT2D eigenvalue weighted by atomic mass is 10.2. The van der Waals surface area contributed by atoms with Gasteiger partial charge in [0.25, 0.3) is 5.91 Å². The average molecular weight is 250 g/mol. The molecule has 1 amide bonds. The number of anilines is 1. The maximum absolute atomic E-state index is 12.1. The molecule has 0 aromatic carbocycles. The minimum absolute atomic E-state index is 0.0187. The van der Waals surface area contributed by atoms with E-state index in [0.29, 0.717) is 11.4 Å². The summed E-state index contributed by atoms with van der Waals surface area (Å²) >= 11 is 1.63. The Balaban J connectivity index is 2.18. The average Bonchev–Trinajstić information content (AvgIpc) is 2.96. The van der Waals surface area contributed by atoms with E-state index in [1.807, 2.05) is 24.4 Å². The first-order valence-corrected chi connectivity index (χ1v) is 6.08. The maximum atomic E-state index is 12.1. The quantitative estimate of drug-likeness (QED) is 0.873. The van der Waals surface area contributed by atoms with Crippen molar-refractivity contribution in [3.63, 3.8) is 0 Å². The molecule has 0 aliphatic rings. The number of aromatic nitrogens is 2. The second-order valence-electron chi connectivity index (χ2n) is 3.81. The highest BCUT2D eigenvalue weighted by atomic mass is 32.1. The van der Waals surface area contributed by atoms with E-state index in [-0.39, 0.29) is 11.9 Å². The zero-order valence-corrected chi connectivity index (χ0v) is 10.5. The summed E-state index contributed by atoms with van der Waals surface area (Å²) in [6.07, 6.45) is 1.44. The molecule has 2 rings (SSSR count). The number of nitrogens with one attached hydrogen (secondary N) is 1. The fraction of sp³-hybridized carbons (Fsp3) is 0.273. The molecule has 0 spiro atoms. The van der Waals surface area contributed by atoms with Crippen LogP contribution in [0.15, 0.2) is 23.7 Å². The lowest BCUT2D eigenvalue weighted by Gasteiger charge is -2.23. The number of hydrogen-bond acceptors (Lipinski definition) is 4. The predicted octanol–water partition coefficient (Wildman–Crippen LogP) is 1.89. The van der Waals surface area contributed by atoms with Gasteiger partial charge in [-0.25, -0.2) is 0 Å². The molecular formula is C11H14N4OS. The van der Waals surface area contributed by atoms with Crippen molar-refractivity contribution in [1.82, 2.24) is 15.1 Å². The van der Waals surface area contributed by atoms with Crippen molar-refractivity contribution in [2.45, 2.75) is 13.0 Å². The molecule has 0 fully saturated rings. The van der Waals surface area contributed by atoms with Crippen LogP contribution in [0.1, 0.15) is 28.3 Å². The van der Waals surface area contributed by atoms with Gasteiger partial charge in [0, 0.05) is 11.9 Å². The first-order chi connectivity index (χ1) is 8.11. The summed E-state index contributed by atoms with van der Waals surface area (Å²) in [5, 5.41) is 8.37.